The normalized spacial score (nSPS) is 19.8. The highest BCUT2D eigenvalue weighted by Crippen LogP contribution is 2.53. The predicted molar refractivity (Wildman–Crippen MR) is 112 cm³/mol. The van der Waals surface area contributed by atoms with Gasteiger partial charge >= 0.3 is 13.9 Å². The van der Waals surface area contributed by atoms with Gasteiger partial charge in [0.2, 0.25) is 0 Å². The van der Waals surface area contributed by atoms with Crippen LogP contribution in [0.5, 0.6) is 0 Å². The second-order valence-electron chi connectivity index (χ2n) is 7.10. The molecule has 0 aromatic carbocycles. The van der Waals surface area contributed by atoms with Gasteiger partial charge in [0.05, 0.1) is 25.0 Å². The molecule has 2 aromatic rings. The van der Waals surface area contributed by atoms with Gasteiger partial charge in [-0.1, -0.05) is 6.07 Å². The van der Waals surface area contributed by atoms with E-state index in [1.54, 1.807) is 18.3 Å². The van der Waals surface area contributed by atoms with E-state index in [1.165, 1.54) is 23.9 Å². The van der Waals surface area contributed by atoms with Crippen LogP contribution in [0.2, 0.25) is 0 Å². The molecule has 3 N–H and O–H groups in total. The van der Waals surface area contributed by atoms with E-state index in [0.717, 1.165) is 0 Å². The zero-order valence-electron chi connectivity index (χ0n) is 17.5. The van der Waals surface area contributed by atoms with Gasteiger partial charge < -0.3 is 14.2 Å². The molecule has 0 bridgehead atoms. The van der Waals surface area contributed by atoms with Crippen LogP contribution in [0.1, 0.15) is 24.8 Å². The number of ether oxygens (including phenoxy) is 3. The SMILES string of the molecule is COCC(CO[P+](O)(O)OCC1CCC(n2ccc(=O)[nH]c2=O)O1)OCc1ccccn1. The molecule has 176 valence electrons. The molecule has 0 saturated carbocycles. The summed E-state index contributed by atoms with van der Waals surface area (Å²) in [6.45, 7) is 0.0818. The third kappa shape index (κ3) is 7.54. The van der Waals surface area contributed by atoms with Gasteiger partial charge in [0, 0.05) is 25.6 Å². The largest absolute Gasteiger partial charge is 0.570 e. The Morgan fingerprint density at radius 2 is 2.09 bits per heavy atom. The van der Waals surface area contributed by atoms with E-state index in [1.807, 2.05) is 6.07 Å². The van der Waals surface area contributed by atoms with Crippen molar-refractivity contribution in [2.75, 3.05) is 26.9 Å². The van der Waals surface area contributed by atoms with Crippen molar-refractivity contribution >= 4 is 8.17 Å². The van der Waals surface area contributed by atoms with Crippen molar-refractivity contribution in [2.45, 2.75) is 37.9 Å². The number of aromatic amines is 1. The van der Waals surface area contributed by atoms with E-state index in [9.17, 15) is 19.4 Å². The molecule has 32 heavy (non-hydrogen) atoms. The maximum atomic E-state index is 11.9. The number of hydrogen-bond donors (Lipinski definition) is 3. The fourth-order valence-corrected chi connectivity index (χ4v) is 3.88. The van der Waals surface area contributed by atoms with Crippen molar-refractivity contribution in [3.8, 4) is 0 Å². The van der Waals surface area contributed by atoms with Gasteiger partial charge in [0.1, 0.15) is 25.5 Å². The summed E-state index contributed by atoms with van der Waals surface area (Å²) in [4.78, 5) is 49.6. The highest BCUT2D eigenvalue weighted by atomic mass is 31.2. The van der Waals surface area contributed by atoms with Gasteiger partial charge in [0.25, 0.3) is 5.56 Å². The van der Waals surface area contributed by atoms with Crippen molar-refractivity contribution in [1.82, 2.24) is 14.5 Å². The first kappa shape index (κ1) is 24.6. The van der Waals surface area contributed by atoms with Crippen molar-refractivity contribution in [3.05, 3.63) is 63.2 Å². The van der Waals surface area contributed by atoms with Crippen LogP contribution in [-0.4, -0.2) is 63.5 Å². The first-order chi connectivity index (χ1) is 15.4. The molecular formula is C19H27N3O9P+. The summed E-state index contributed by atoms with van der Waals surface area (Å²) >= 11 is 0. The average molecular weight is 472 g/mol. The molecule has 3 unspecified atom stereocenters. The summed E-state index contributed by atoms with van der Waals surface area (Å²) in [5, 5.41) is 0. The highest BCUT2D eigenvalue weighted by molar-refractivity contribution is 7.54. The molecular weight excluding hydrogens is 445 g/mol. The molecule has 0 radical (unpaired) electrons. The van der Waals surface area contributed by atoms with Crippen LogP contribution >= 0.6 is 8.17 Å². The number of hydrogen-bond acceptors (Lipinski definition) is 10. The Bertz CT molecular complexity index is 953. The number of rotatable bonds is 12. The first-order valence-electron chi connectivity index (χ1n) is 9.97. The van der Waals surface area contributed by atoms with Gasteiger partial charge in [-0.15, -0.1) is 0 Å². The third-order valence-corrected chi connectivity index (χ3v) is 5.62. The Balaban J connectivity index is 1.43. The summed E-state index contributed by atoms with van der Waals surface area (Å²) < 4.78 is 28.1. The average Bonchev–Trinajstić information content (AvgIpc) is 3.24. The summed E-state index contributed by atoms with van der Waals surface area (Å²) in [6, 6.07) is 6.66. The molecule has 3 atom stereocenters. The number of nitrogens with zero attached hydrogens (tertiary/aromatic N) is 2. The standard InChI is InChI=1S/C19H26N3O9P/c1-27-11-16(28-10-14-4-2-3-8-20-14)13-30-32(25,26)29-12-15-5-6-18(31-15)22-9-7-17(23)21-19(22)24/h2-4,7-9,15-16,18,25-26H,5-6,10-13H2,1H3/p+1. The Hall–Kier alpha value is -2.02. The molecule has 1 saturated heterocycles. The van der Waals surface area contributed by atoms with Crippen molar-refractivity contribution in [1.29, 1.82) is 0 Å². The van der Waals surface area contributed by atoms with E-state index in [2.05, 4.69) is 9.97 Å². The zero-order chi connectivity index (χ0) is 23.0. The van der Waals surface area contributed by atoms with Crippen molar-refractivity contribution in [3.63, 3.8) is 0 Å². The fourth-order valence-electron chi connectivity index (χ4n) is 3.08. The highest BCUT2D eigenvalue weighted by Gasteiger charge is 2.42. The topological polar surface area (TPSA) is 154 Å². The van der Waals surface area contributed by atoms with Crippen LogP contribution in [0.15, 0.2) is 46.2 Å². The Labute approximate surface area is 184 Å². The molecule has 0 spiro atoms. The van der Waals surface area contributed by atoms with E-state index in [-0.39, 0.29) is 26.4 Å². The fraction of sp³-hybridized carbons (Fsp3) is 0.526. The Kier molecular flexibility index (Phi) is 9.02. The summed E-state index contributed by atoms with van der Waals surface area (Å²) in [6.07, 6.45) is 2.41. The molecule has 3 heterocycles. The summed E-state index contributed by atoms with van der Waals surface area (Å²) in [5.74, 6) is 0. The van der Waals surface area contributed by atoms with E-state index in [0.29, 0.717) is 18.5 Å². The smallest absolute Gasteiger partial charge is 0.382 e. The van der Waals surface area contributed by atoms with Crippen molar-refractivity contribution < 1.29 is 33.0 Å². The molecule has 2 aromatic heterocycles. The van der Waals surface area contributed by atoms with Gasteiger partial charge in [0.15, 0.2) is 0 Å². The van der Waals surface area contributed by atoms with Gasteiger partial charge in [-0.05, 0) is 25.0 Å². The van der Waals surface area contributed by atoms with Crippen molar-refractivity contribution in [2.24, 2.45) is 0 Å². The monoisotopic (exact) mass is 472 g/mol. The second-order valence-corrected chi connectivity index (χ2v) is 8.60. The number of H-pyrrole nitrogens is 1. The van der Waals surface area contributed by atoms with Crippen LogP contribution in [0.3, 0.4) is 0 Å². The minimum absolute atomic E-state index is 0.140. The molecule has 1 fully saturated rings. The molecule has 13 heteroatoms. The van der Waals surface area contributed by atoms with Crippen LogP contribution in [0, 0.1) is 0 Å². The molecule has 3 rings (SSSR count). The maximum Gasteiger partial charge on any atom is 0.570 e. The van der Waals surface area contributed by atoms with Gasteiger partial charge in [-0.25, -0.2) is 4.79 Å². The lowest BCUT2D eigenvalue weighted by Crippen LogP contribution is -2.31. The predicted octanol–water partition coefficient (Wildman–Crippen LogP) is 0.536. The van der Waals surface area contributed by atoms with Crippen LogP contribution < -0.4 is 11.2 Å². The molecule has 12 nitrogen and oxygen atoms in total. The number of methoxy groups -OCH3 is 1. The second kappa shape index (κ2) is 11.7. The lowest BCUT2D eigenvalue weighted by atomic mass is 10.2. The third-order valence-electron chi connectivity index (χ3n) is 4.65. The number of pyridine rings is 1. The van der Waals surface area contributed by atoms with Crippen LogP contribution in [-0.2, 0) is 29.9 Å². The molecule has 1 aliphatic heterocycles. The number of aromatic nitrogens is 3. The van der Waals surface area contributed by atoms with E-state index >= 15 is 0 Å². The van der Waals surface area contributed by atoms with Crippen LogP contribution in [0.4, 0.5) is 0 Å². The lowest BCUT2D eigenvalue weighted by Gasteiger charge is -2.18. The summed E-state index contributed by atoms with van der Waals surface area (Å²) in [5.41, 5.74) is -0.353. The minimum Gasteiger partial charge on any atom is -0.382 e. The Morgan fingerprint density at radius 1 is 1.25 bits per heavy atom. The molecule has 0 amide bonds. The van der Waals surface area contributed by atoms with E-state index in [4.69, 9.17) is 23.3 Å². The minimum atomic E-state index is -4.12. The quantitative estimate of drug-likeness (QED) is 0.373. The molecule has 1 aliphatic rings. The first-order valence-corrected chi connectivity index (χ1v) is 11.5. The summed E-state index contributed by atoms with van der Waals surface area (Å²) in [7, 11) is -2.63. The lowest BCUT2D eigenvalue weighted by molar-refractivity contribution is -0.0525. The zero-order valence-corrected chi connectivity index (χ0v) is 18.4. The maximum absolute atomic E-state index is 11.9. The van der Waals surface area contributed by atoms with E-state index < -0.39 is 37.9 Å². The molecule has 0 aliphatic carbocycles. The Morgan fingerprint density at radius 3 is 2.81 bits per heavy atom. The van der Waals surface area contributed by atoms with Gasteiger partial charge in [-0.2, -0.15) is 18.8 Å². The van der Waals surface area contributed by atoms with Crippen LogP contribution in [0.25, 0.3) is 0 Å². The van der Waals surface area contributed by atoms with Gasteiger partial charge in [-0.3, -0.25) is 19.3 Å². The number of nitrogens with one attached hydrogen (secondary N) is 1.